The van der Waals surface area contributed by atoms with Crippen molar-refractivity contribution in [3.8, 4) is 0 Å². The van der Waals surface area contributed by atoms with Crippen LogP contribution in [-0.2, 0) is 0 Å². The molecule has 0 saturated carbocycles. The summed E-state index contributed by atoms with van der Waals surface area (Å²) in [7, 11) is 0. The molecule has 0 aromatic carbocycles. The summed E-state index contributed by atoms with van der Waals surface area (Å²) >= 11 is 5.67. The summed E-state index contributed by atoms with van der Waals surface area (Å²) < 4.78 is 0. The number of halogens is 1. The number of piperazine rings is 1. The van der Waals surface area contributed by atoms with Gasteiger partial charge in [-0.3, -0.25) is 9.80 Å². The molecule has 0 spiro atoms. The zero-order valence-electron chi connectivity index (χ0n) is 6.09. The van der Waals surface area contributed by atoms with Gasteiger partial charge in [0.05, 0.1) is 6.67 Å². The van der Waals surface area contributed by atoms with Crippen LogP contribution in [0.3, 0.4) is 0 Å². The van der Waals surface area contributed by atoms with Crippen molar-refractivity contribution in [1.82, 2.24) is 9.80 Å². The minimum Gasteiger partial charge on any atom is -0.288 e. The Labute approximate surface area is 66.7 Å². The molecule has 2 rings (SSSR count). The van der Waals surface area contributed by atoms with Crippen LogP contribution in [0.5, 0.6) is 0 Å². The van der Waals surface area contributed by atoms with Gasteiger partial charge < -0.3 is 0 Å². The van der Waals surface area contributed by atoms with E-state index >= 15 is 0 Å². The lowest BCUT2D eigenvalue weighted by Gasteiger charge is -2.22. The Morgan fingerprint density at radius 3 is 2.80 bits per heavy atom. The van der Waals surface area contributed by atoms with Crippen molar-refractivity contribution in [3.05, 3.63) is 0 Å². The summed E-state index contributed by atoms with van der Waals surface area (Å²) in [6, 6.07) is 0.770. The van der Waals surface area contributed by atoms with E-state index in [0.29, 0.717) is 0 Å². The molecule has 3 unspecified atom stereocenters. The van der Waals surface area contributed by atoms with Crippen LogP contribution in [0.4, 0.5) is 0 Å². The normalized spacial score (nSPS) is 44.7. The number of nitrogens with zero attached hydrogens (tertiary/aromatic N) is 2. The molecule has 0 aromatic heterocycles. The van der Waals surface area contributed by atoms with E-state index in [4.69, 9.17) is 11.6 Å². The minimum atomic E-state index is 0.770. The van der Waals surface area contributed by atoms with Crippen LogP contribution < -0.4 is 0 Å². The van der Waals surface area contributed by atoms with Crippen LogP contribution in [0.15, 0.2) is 0 Å². The molecule has 2 aliphatic heterocycles. The first-order valence-corrected chi connectivity index (χ1v) is 4.46. The smallest absolute Gasteiger partial charge is 0.0511 e. The zero-order valence-corrected chi connectivity index (χ0v) is 6.85. The van der Waals surface area contributed by atoms with Gasteiger partial charge in [0, 0.05) is 31.6 Å². The van der Waals surface area contributed by atoms with Crippen molar-refractivity contribution < 1.29 is 0 Å². The van der Waals surface area contributed by atoms with Gasteiger partial charge in [0.1, 0.15) is 0 Å². The molecule has 2 aliphatic rings. The van der Waals surface area contributed by atoms with E-state index in [1.807, 2.05) is 0 Å². The van der Waals surface area contributed by atoms with Crippen molar-refractivity contribution in [2.24, 2.45) is 0 Å². The monoisotopic (exact) mass is 160 g/mol. The van der Waals surface area contributed by atoms with Crippen molar-refractivity contribution in [3.63, 3.8) is 0 Å². The number of alkyl halides is 1. The lowest BCUT2D eigenvalue weighted by atomic mass is 10.2. The Bertz CT molecular complexity index is 129. The Balaban J connectivity index is 1.90. The molecular formula is C7H13ClN2. The van der Waals surface area contributed by atoms with Crippen LogP contribution in [0, 0.1) is 0 Å². The van der Waals surface area contributed by atoms with E-state index in [2.05, 4.69) is 9.80 Å². The van der Waals surface area contributed by atoms with Crippen LogP contribution >= 0.6 is 11.6 Å². The molecule has 0 aliphatic carbocycles. The fourth-order valence-corrected chi connectivity index (χ4v) is 2.18. The highest BCUT2D eigenvalue weighted by Crippen LogP contribution is 2.21. The largest absolute Gasteiger partial charge is 0.288 e. The maximum Gasteiger partial charge on any atom is 0.0511 e. The van der Waals surface area contributed by atoms with Gasteiger partial charge in [-0.1, -0.05) is 0 Å². The van der Waals surface area contributed by atoms with Crippen LogP contribution in [0.25, 0.3) is 0 Å². The van der Waals surface area contributed by atoms with Crippen molar-refractivity contribution in [2.45, 2.75) is 12.5 Å². The van der Waals surface area contributed by atoms with Crippen molar-refractivity contribution in [2.75, 3.05) is 32.2 Å². The third kappa shape index (κ3) is 1.04. The SMILES string of the molecule is ClCCC1CN2CCN1C2. The average Bonchev–Trinajstić information content (AvgIpc) is 2.48. The van der Waals surface area contributed by atoms with E-state index in [-0.39, 0.29) is 0 Å². The summed E-state index contributed by atoms with van der Waals surface area (Å²) in [6.07, 6.45) is 1.16. The van der Waals surface area contributed by atoms with Crippen molar-refractivity contribution >= 4 is 11.6 Å². The van der Waals surface area contributed by atoms with Crippen LogP contribution in [0.2, 0.25) is 0 Å². The number of hydrogen-bond donors (Lipinski definition) is 0. The molecule has 10 heavy (non-hydrogen) atoms. The highest BCUT2D eigenvalue weighted by Gasteiger charge is 2.34. The second kappa shape index (κ2) is 2.68. The number of fused-ring (bicyclic) bond motifs is 2. The molecule has 2 fully saturated rings. The minimum absolute atomic E-state index is 0.770. The van der Waals surface area contributed by atoms with E-state index in [9.17, 15) is 0 Å². The average molecular weight is 161 g/mol. The highest BCUT2D eigenvalue weighted by atomic mass is 35.5. The van der Waals surface area contributed by atoms with Gasteiger partial charge >= 0.3 is 0 Å². The Morgan fingerprint density at radius 2 is 2.30 bits per heavy atom. The highest BCUT2D eigenvalue weighted by molar-refractivity contribution is 6.17. The maximum atomic E-state index is 5.67. The molecule has 58 valence electrons. The van der Waals surface area contributed by atoms with Gasteiger partial charge in [-0.25, -0.2) is 0 Å². The molecule has 3 heteroatoms. The quantitative estimate of drug-likeness (QED) is 0.546. The van der Waals surface area contributed by atoms with Gasteiger partial charge in [0.25, 0.3) is 0 Å². The zero-order chi connectivity index (χ0) is 6.97. The molecule has 0 radical (unpaired) electrons. The standard InChI is InChI=1S/C7H13ClN2/c8-2-1-7-5-9-3-4-10(7)6-9/h7H,1-6H2. The summed E-state index contributed by atoms with van der Waals surface area (Å²) in [6.45, 7) is 4.99. The summed E-state index contributed by atoms with van der Waals surface area (Å²) in [5.74, 6) is 0.814. The lowest BCUT2D eigenvalue weighted by Crippen LogP contribution is -2.35. The molecule has 2 nitrogen and oxygen atoms in total. The first kappa shape index (κ1) is 6.89. The maximum absolute atomic E-state index is 5.67. The van der Waals surface area contributed by atoms with Crippen LogP contribution in [-0.4, -0.2) is 48.0 Å². The third-order valence-corrected chi connectivity index (χ3v) is 2.73. The molecule has 3 atom stereocenters. The third-order valence-electron chi connectivity index (χ3n) is 2.51. The Hall–Kier alpha value is 0.210. The fraction of sp³-hybridized carbons (Fsp3) is 1.00. The predicted octanol–water partition coefficient (Wildman–Crippen LogP) is 0.573. The molecule has 0 N–H and O–H groups in total. The summed E-state index contributed by atoms with van der Waals surface area (Å²) in [4.78, 5) is 5.03. The van der Waals surface area contributed by atoms with Gasteiger partial charge in [-0.05, 0) is 6.42 Å². The first-order chi connectivity index (χ1) is 4.90. The Morgan fingerprint density at radius 1 is 1.40 bits per heavy atom. The van der Waals surface area contributed by atoms with E-state index in [1.54, 1.807) is 0 Å². The first-order valence-electron chi connectivity index (χ1n) is 3.92. The van der Waals surface area contributed by atoms with E-state index < -0.39 is 0 Å². The number of rotatable bonds is 2. The summed E-state index contributed by atoms with van der Waals surface area (Å²) in [5, 5.41) is 0. The molecular weight excluding hydrogens is 148 g/mol. The van der Waals surface area contributed by atoms with Gasteiger partial charge in [-0.2, -0.15) is 0 Å². The Kier molecular flexibility index (Phi) is 1.85. The van der Waals surface area contributed by atoms with E-state index in [0.717, 1.165) is 18.3 Å². The predicted molar refractivity (Wildman–Crippen MR) is 42.3 cm³/mol. The molecule has 2 saturated heterocycles. The van der Waals surface area contributed by atoms with Gasteiger partial charge in [-0.15, -0.1) is 11.6 Å². The second-order valence-electron chi connectivity index (χ2n) is 3.16. The molecule has 0 aromatic rings. The van der Waals surface area contributed by atoms with E-state index in [1.165, 1.54) is 26.3 Å². The van der Waals surface area contributed by atoms with Crippen LogP contribution in [0.1, 0.15) is 6.42 Å². The summed E-state index contributed by atoms with van der Waals surface area (Å²) in [5.41, 5.74) is 0. The second-order valence-corrected chi connectivity index (χ2v) is 3.54. The van der Waals surface area contributed by atoms with Gasteiger partial charge in [0.2, 0.25) is 0 Å². The number of hydrogen-bond acceptors (Lipinski definition) is 2. The fourth-order valence-electron chi connectivity index (χ4n) is 1.93. The molecule has 0 amide bonds. The van der Waals surface area contributed by atoms with Crippen molar-refractivity contribution in [1.29, 1.82) is 0 Å². The molecule has 2 bridgehead atoms. The topological polar surface area (TPSA) is 6.48 Å². The molecule has 2 heterocycles. The lowest BCUT2D eigenvalue weighted by molar-refractivity contribution is 0.271. The van der Waals surface area contributed by atoms with Gasteiger partial charge in [0.15, 0.2) is 0 Å².